The largest absolute Gasteiger partial charge is 0.335 e. The predicted molar refractivity (Wildman–Crippen MR) is 65.8 cm³/mol. The predicted octanol–water partition coefficient (Wildman–Crippen LogP) is 1.77. The molecule has 0 saturated heterocycles. The van der Waals surface area contributed by atoms with E-state index in [1.807, 2.05) is 44.2 Å². The Morgan fingerprint density at radius 3 is 2.25 bits per heavy atom. The molecule has 16 heavy (non-hydrogen) atoms. The maximum absolute atomic E-state index is 11.9. The molecule has 1 rings (SSSR count). The van der Waals surface area contributed by atoms with Crippen molar-refractivity contribution < 1.29 is 4.79 Å². The lowest BCUT2D eigenvalue weighted by atomic mass is 10.1. The number of nitrogens with zero attached hydrogens (tertiary/aromatic N) is 1. The van der Waals surface area contributed by atoms with Crippen LogP contribution in [0.15, 0.2) is 30.3 Å². The molecule has 0 bridgehead atoms. The summed E-state index contributed by atoms with van der Waals surface area (Å²) in [4.78, 5) is 13.7. The van der Waals surface area contributed by atoms with Crippen molar-refractivity contribution in [2.75, 3.05) is 0 Å². The van der Waals surface area contributed by atoms with Crippen molar-refractivity contribution in [3.63, 3.8) is 0 Å². The van der Waals surface area contributed by atoms with Crippen molar-refractivity contribution in [3.8, 4) is 0 Å². The van der Waals surface area contributed by atoms with Gasteiger partial charge in [-0.15, -0.1) is 0 Å². The van der Waals surface area contributed by atoms with E-state index in [1.54, 1.807) is 11.8 Å². The van der Waals surface area contributed by atoms with Crippen LogP contribution in [-0.2, 0) is 11.3 Å². The van der Waals surface area contributed by atoms with Gasteiger partial charge in [-0.1, -0.05) is 30.3 Å². The SMILES string of the molecule is CC(C)N(Cc1ccccc1)C(=O)[C@H](C)N. The minimum absolute atomic E-state index is 0.00106. The third kappa shape index (κ3) is 3.35. The highest BCUT2D eigenvalue weighted by Gasteiger charge is 2.20. The highest BCUT2D eigenvalue weighted by atomic mass is 16.2. The third-order valence-corrected chi connectivity index (χ3v) is 2.49. The Balaban J connectivity index is 2.77. The lowest BCUT2D eigenvalue weighted by Gasteiger charge is -2.28. The van der Waals surface area contributed by atoms with Crippen LogP contribution in [0.2, 0.25) is 0 Å². The molecule has 2 N–H and O–H groups in total. The van der Waals surface area contributed by atoms with Gasteiger partial charge in [-0.2, -0.15) is 0 Å². The molecule has 0 heterocycles. The van der Waals surface area contributed by atoms with Crippen LogP contribution in [0.4, 0.5) is 0 Å². The number of hydrogen-bond acceptors (Lipinski definition) is 2. The summed E-state index contributed by atoms with van der Waals surface area (Å²) in [6, 6.07) is 9.68. The van der Waals surface area contributed by atoms with Crippen molar-refractivity contribution in [2.24, 2.45) is 5.73 Å². The molecule has 1 aromatic rings. The standard InChI is InChI=1S/C13H20N2O/c1-10(2)15(13(16)11(3)14)9-12-7-5-4-6-8-12/h4-8,10-11H,9,14H2,1-3H3/t11-/m0/s1. The fraction of sp³-hybridized carbons (Fsp3) is 0.462. The molecule has 0 aromatic heterocycles. The summed E-state index contributed by atoms with van der Waals surface area (Å²) in [6.45, 7) is 6.36. The number of carbonyl (C=O) groups is 1. The van der Waals surface area contributed by atoms with Gasteiger partial charge in [0.1, 0.15) is 0 Å². The molecule has 0 saturated carbocycles. The molecule has 0 radical (unpaired) electrons. The van der Waals surface area contributed by atoms with Crippen LogP contribution >= 0.6 is 0 Å². The van der Waals surface area contributed by atoms with E-state index in [0.717, 1.165) is 5.56 Å². The fourth-order valence-corrected chi connectivity index (χ4v) is 1.56. The number of amides is 1. The molecule has 1 atom stereocenters. The molecule has 88 valence electrons. The molecule has 3 nitrogen and oxygen atoms in total. The maximum Gasteiger partial charge on any atom is 0.239 e. The zero-order valence-electron chi connectivity index (χ0n) is 10.2. The summed E-state index contributed by atoms with van der Waals surface area (Å²) >= 11 is 0. The second-order valence-electron chi connectivity index (χ2n) is 4.33. The van der Waals surface area contributed by atoms with Gasteiger partial charge >= 0.3 is 0 Å². The lowest BCUT2D eigenvalue weighted by molar-refractivity contribution is -0.134. The molecule has 0 spiro atoms. The fourth-order valence-electron chi connectivity index (χ4n) is 1.56. The number of carbonyl (C=O) groups excluding carboxylic acids is 1. The van der Waals surface area contributed by atoms with Crippen LogP contribution in [0.25, 0.3) is 0 Å². The first-order valence-corrected chi connectivity index (χ1v) is 5.62. The van der Waals surface area contributed by atoms with Crippen LogP contribution in [0, 0.1) is 0 Å². The average molecular weight is 220 g/mol. The molecular formula is C13H20N2O. The second-order valence-corrected chi connectivity index (χ2v) is 4.33. The van der Waals surface area contributed by atoms with Crippen LogP contribution in [0.1, 0.15) is 26.3 Å². The minimum atomic E-state index is -0.439. The normalized spacial score (nSPS) is 12.6. The quantitative estimate of drug-likeness (QED) is 0.840. The highest BCUT2D eigenvalue weighted by molar-refractivity contribution is 5.81. The van der Waals surface area contributed by atoms with Crippen LogP contribution in [0.5, 0.6) is 0 Å². The third-order valence-electron chi connectivity index (χ3n) is 2.49. The lowest BCUT2D eigenvalue weighted by Crippen LogP contribution is -2.45. The molecule has 0 aliphatic carbocycles. The van der Waals surface area contributed by atoms with E-state index >= 15 is 0 Å². The molecule has 1 aromatic carbocycles. The summed E-state index contributed by atoms with van der Waals surface area (Å²) in [5, 5.41) is 0. The van der Waals surface area contributed by atoms with Crippen molar-refractivity contribution in [1.29, 1.82) is 0 Å². The molecule has 3 heteroatoms. The molecule has 0 unspecified atom stereocenters. The summed E-state index contributed by atoms with van der Waals surface area (Å²) in [6.07, 6.45) is 0. The minimum Gasteiger partial charge on any atom is -0.335 e. The van der Waals surface area contributed by atoms with E-state index in [0.29, 0.717) is 6.54 Å². The molecule has 0 aliphatic heterocycles. The van der Waals surface area contributed by atoms with Crippen molar-refractivity contribution in [1.82, 2.24) is 4.90 Å². The van der Waals surface area contributed by atoms with Gasteiger partial charge in [0.2, 0.25) is 5.91 Å². The van der Waals surface area contributed by atoms with Gasteiger partial charge in [0.15, 0.2) is 0 Å². The first-order valence-electron chi connectivity index (χ1n) is 5.62. The number of rotatable bonds is 4. The number of benzene rings is 1. The van der Waals surface area contributed by atoms with Gasteiger partial charge in [-0.05, 0) is 26.3 Å². The summed E-state index contributed by atoms with van der Waals surface area (Å²) in [5.74, 6) is -0.00106. The van der Waals surface area contributed by atoms with Gasteiger partial charge in [-0.3, -0.25) is 4.79 Å². The smallest absolute Gasteiger partial charge is 0.239 e. The Bertz CT molecular complexity index is 333. The topological polar surface area (TPSA) is 46.3 Å². The Morgan fingerprint density at radius 1 is 1.25 bits per heavy atom. The van der Waals surface area contributed by atoms with Crippen molar-refractivity contribution in [2.45, 2.75) is 39.4 Å². The molecule has 0 fully saturated rings. The number of nitrogens with two attached hydrogens (primary N) is 1. The first kappa shape index (κ1) is 12.7. The number of hydrogen-bond donors (Lipinski definition) is 1. The molecule has 1 amide bonds. The zero-order chi connectivity index (χ0) is 12.1. The van der Waals surface area contributed by atoms with E-state index in [4.69, 9.17) is 5.73 Å². The van der Waals surface area contributed by atoms with Gasteiger partial charge in [0.25, 0.3) is 0 Å². The summed E-state index contributed by atoms with van der Waals surface area (Å²) in [7, 11) is 0. The summed E-state index contributed by atoms with van der Waals surface area (Å²) < 4.78 is 0. The van der Waals surface area contributed by atoms with E-state index < -0.39 is 6.04 Å². The van der Waals surface area contributed by atoms with Gasteiger partial charge < -0.3 is 10.6 Å². The first-order chi connectivity index (χ1) is 7.52. The second kappa shape index (κ2) is 5.66. The van der Waals surface area contributed by atoms with E-state index in [9.17, 15) is 4.79 Å². The monoisotopic (exact) mass is 220 g/mol. The molecular weight excluding hydrogens is 200 g/mol. The Kier molecular flexibility index (Phi) is 4.50. The van der Waals surface area contributed by atoms with Crippen molar-refractivity contribution >= 4 is 5.91 Å². The van der Waals surface area contributed by atoms with E-state index in [-0.39, 0.29) is 11.9 Å². The van der Waals surface area contributed by atoms with Gasteiger partial charge in [-0.25, -0.2) is 0 Å². The van der Waals surface area contributed by atoms with Crippen LogP contribution in [0.3, 0.4) is 0 Å². The maximum atomic E-state index is 11.9. The highest BCUT2D eigenvalue weighted by Crippen LogP contribution is 2.09. The van der Waals surface area contributed by atoms with Crippen molar-refractivity contribution in [3.05, 3.63) is 35.9 Å². The van der Waals surface area contributed by atoms with Crippen LogP contribution < -0.4 is 5.73 Å². The van der Waals surface area contributed by atoms with E-state index in [2.05, 4.69) is 0 Å². The summed E-state index contributed by atoms with van der Waals surface area (Å²) in [5.41, 5.74) is 6.77. The average Bonchev–Trinajstić information content (AvgIpc) is 2.26. The Morgan fingerprint density at radius 2 is 1.81 bits per heavy atom. The Labute approximate surface area is 97.2 Å². The van der Waals surface area contributed by atoms with Crippen LogP contribution in [-0.4, -0.2) is 22.9 Å². The Hall–Kier alpha value is -1.35. The molecule has 0 aliphatic rings. The van der Waals surface area contributed by atoms with Gasteiger partial charge in [0.05, 0.1) is 6.04 Å². The van der Waals surface area contributed by atoms with E-state index in [1.165, 1.54) is 0 Å². The zero-order valence-corrected chi connectivity index (χ0v) is 10.2. The van der Waals surface area contributed by atoms with Gasteiger partial charge in [0, 0.05) is 12.6 Å².